The lowest BCUT2D eigenvalue weighted by Crippen LogP contribution is -2.12. The molecule has 0 saturated heterocycles. The molecule has 0 amide bonds. The molecule has 1 atom stereocenters. The Morgan fingerprint density at radius 2 is 1.96 bits per heavy atom. The first-order valence-electron chi connectivity index (χ1n) is 7.21. The largest absolute Gasteiger partial charge is 0.258 e. The lowest BCUT2D eigenvalue weighted by molar-refractivity contribution is 0.520. The zero-order chi connectivity index (χ0) is 16.3. The summed E-state index contributed by atoms with van der Waals surface area (Å²) in [5.41, 5.74) is 3.55. The second kappa shape index (κ2) is 4.85. The third kappa shape index (κ3) is 1.99. The van der Waals surface area contributed by atoms with Crippen LogP contribution in [0.25, 0.3) is 16.7 Å². The van der Waals surface area contributed by atoms with E-state index < -0.39 is 0 Å². The van der Waals surface area contributed by atoms with Crippen LogP contribution in [0.4, 0.5) is 0 Å². The van der Waals surface area contributed by atoms with Crippen LogP contribution in [-0.2, 0) is 7.05 Å². The van der Waals surface area contributed by atoms with Crippen molar-refractivity contribution in [2.45, 2.75) is 26.8 Å². The van der Waals surface area contributed by atoms with Crippen molar-refractivity contribution in [2.24, 2.45) is 7.05 Å². The summed E-state index contributed by atoms with van der Waals surface area (Å²) >= 11 is 3.56. The molecule has 0 spiro atoms. The van der Waals surface area contributed by atoms with Gasteiger partial charge in [-0.15, -0.1) is 5.10 Å². The van der Waals surface area contributed by atoms with Gasteiger partial charge in [-0.1, -0.05) is 0 Å². The van der Waals surface area contributed by atoms with Crippen molar-refractivity contribution in [1.82, 2.24) is 39.1 Å². The number of nitrogens with zero attached hydrogens (tertiary/aromatic N) is 8. The zero-order valence-electron chi connectivity index (χ0n) is 13.2. The van der Waals surface area contributed by atoms with E-state index in [4.69, 9.17) is 4.98 Å². The average Bonchev–Trinajstić information content (AvgIpc) is 3.19. The van der Waals surface area contributed by atoms with Gasteiger partial charge in [0.25, 0.3) is 0 Å². The molecular weight excluding hydrogens is 360 g/mol. The van der Waals surface area contributed by atoms with E-state index in [0.717, 1.165) is 32.5 Å². The molecule has 118 valence electrons. The maximum absolute atomic E-state index is 4.69. The van der Waals surface area contributed by atoms with Crippen LogP contribution in [0.5, 0.6) is 0 Å². The average molecular weight is 375 g/mol. The first-order chi connectivity index (χ1) is 11.0. The number of halogens is 1. The fourth-order valence-corrected chi connectivity index (χ4v) is 3.02. The minimum absolute atomic E-state index is 0.0772. The van der Waals surface area contributed by atoms with Gasteiger partial charge >= 0.3 is 0 Å². The maximum Gasteiger partial charge on any atom is 0.176 e. The van der Waals surface area contributed by atoms with Crippen molar-refractivity contribution >= 4 is 32.6 Å². The topological polar surface area (TPSA) is 78.7 Å². The van der Waals surface area contributed by atoms with E-state index in [2.05, 4.69) is 36.2 Å². The molecule has 0 aliphatic rings. The summed E-state index contributed by atoms with van der Waals surface area (Å²) in [6, 6.07) is -0.0772. The van der Waals surface area contributed by atoms with Crippen LogP contribution in [0.15, 0.2) is 17.0 Å². The predicted octanol–water partition coefficient (Wildman–Crippen LogP) is 2.20. The van der Waals surface area contributed by atoms with Crippen LogP contribution < -0.4 is 0 Å². The summed E-state index contributed by atoms with van der Waals surface area (Å²) in [6.07, 6.45) is 3.43. The Morgan fingerprint density at radius 3 is 2.65 bits per heavy atom. The molecule has 4 heterocycles. The van der Waals surface area contributed by atoms with E-state index >= 15 is 0 Å². The van der Waals surface area contributed by atoms with Crippen LogP contribution in [0.2, 0.25) is 0 Å². The van der Waals surface area contributed by atoms with Crippen LogP contribution in [0, 0.1) is 13.8 Å². The Labute approximate surface area is 140 Å². The molecule has 4 aromatic rings. The van der Waals surface area contributed by atoms with Gasteiger partial charge in [-0.25, -0.2) is 14.5 Å². The highest BCUT2D eigenvalue weighted by molar-refractivity contribution is 9.10. The van der Waals surface area contributed by atoms with Gasteiger partial charge in [0.05, 0.1) is 27.4 Å². The molecule has 0 radical (unpaired) electrons. The van der Waals surface area contributed by atoms with Crippen LogP contribution in [-0.4, -0.2) is 39.1 Å². The first-order valence-corrected chi connectivity index (χ1v) is 8.01. The van der Waals surface area contributed by atoms with Gasteiger partial charge < -0.3 is 0 Å². The number of fused-ring (bicyclic) bond motifs is 3. The van der Waals surface area contributed by atoms with Crippen molar-refractivity contribution in [3.8, 4) is 0 Å². The molecule has 0 aromatic carbocycles. The Kier molecular flexibility index (Phi) is 3.02. The predicted molar refractivity (Wildman–Crippen MR) is 88.3 cm³/mol. The normalized spacial score (nSPS) is 13.3. The molecule has 0 fully saturated rings. The molecule has 8 nitrogen and oxygen atoms in total. The van der Waals surface area contributed by atoms with Gasteiger partial charge in [0.15, 0.2) is 17.1 Å². The number of hydrogen-bond acceptors (Lipinski definition) is 5. The molecule has 23 heavy (non-hydrogen) atoms. The van der Waals surface area contributed by atoms with E-state index in [1.165, 1.54) is 0 Å². The van der Waals surface area contributed by atoms with Crippen LogP contribution in [0.1, 0.15) is 30.2 Å². The van der Waals surface area contributed by atoms with Gasteiger partial charge in [0.1, 0.15) is 12.4 Å². The third-order valence-corrected chi connectivity index (χ3v) is 5.21. The number of hydrogen-bond donors (Lipinski definition) is 0. The Balaban J connectivity index is 1.88. The van der Waals surface area contributed by atoms with E-state index in [0.29, 0.717) is 5.82 Å². The summed E-state index contributed by atoms with van der Waals surface area (Å²) in [6.45, 7) is 6.03. The van der Waals surface area contributed by atoms with E-state index in [9.17, 15) is 0 Å². The number of aryl methyl sites for hydroxylation is 2. The molecule has 0 aliphatic heterocycles. The fraction of sp³-hybridized carbons (Fsp3) is 0.357. The highest BCUT2D eigenvalue weighted by Crippen LogP contribution is 2.25. The summed E-state index contributed by atoms with van der Waals surface area (Å²) in [4.78, 5) is 9.07. The maximum atomic E-state index is 4.69. The highest BCUT2D eigenvalue weighted by atomic mass is 79.9. The van der Waals surface area contributed by atoms with Crippen molar-refractivity contribution in [3.63, 3.8) is 0 Å². The second-order valence-electron chi connectivity index (χ2n) is 5.59. The summed E-state index contributed by atoms with van der Waals surface area (Å²) in [5, 5.41) is 14.3. The molecule has 0 aliphatic carbocycles. The molecule has 0 N–H and O–H groups in total. The zero-order valence-corrected chi connectivity index (χ0v) is 14.8. The van der Waals surface area contributed by atoms with E-state index in [1.54, 1.807) is 21.7 Å². The summed E-state index contributed by atoms with van der Waals surface area (Å²) < 4.78 is 6.37. The van der Waals surface area contributed by atoms with Crippen LogP contribution in [0.3, 0.4) is 0 Å². The fourth-order valence-electron chi connectivity index (χ4n) is 2.76. The lowest BCUT2D eigenvalue weighted by Gasteiger charge is -2.10. The second-order valence-corrected chi connectivity index (χ2v) is 6.39. The van der Waals surface area contributed by atoms with E-state index in [1.807, 2.05) is 32.5 Å². The van der Waals surface area contributed by atoms with Crippen LogP contribution >= 0.6 is 15.9 Å². The van der Waals surface area contributed by atoms with Gasteiger partial charge in [0.2, 0.25) is 0 Å². The van der Waals surface area contributed by atoms with Gasteiger partial charge in [-0.3, -0.25) is 9.36 Å². The number of rotatable bonds is 2. The Bertz CT molecular complexity index is 1040. The molecule has 0 bridgehead atoms. The standard InChI is InChI=1S/C14H15BrN8/c1-7-11(15)8(2)23(19-7)9(3)12-18-14-10-5-17-21(4)13(10)16-6-22(14)20-12/h5-6,9H,1-4H3. The van der Waals surface area contributed by atoms with Crippen molar-refractivity contribution in [2.75, 3.05) is 0 Å². The Morgan fingerprint density at radius 1 is 1.17 bits per heavy atom. The van der Waals surface area contributed by atoms with Gasteiger partial charge in [0, 0.05) is 7.05 Å². The first kappa shape index (κ1) is 14.3. The number of aromatic nitrogens is 8. The van der Waals surface area contributed by atoms with E-state index in [-0.39, 0.29) is 6.04 Å². The molecule has 0 saturated carbocycles. The third-order valence-electron chi connectivity index (χ3n) is 4.06. The molecule has 4 rings (SSSR count). The molecule has 9 heteroatoms. The smallest absolute Gasteiger partial charge is 0.176 e. The minimum atomic E-state index is -0.0772. The van der Waals surface area contributed by atoms with Gasteiger partial charge in [-0.05, 0) is 36.7 Å². The van der Waals surface area contributed by atoms with Crippen molar-refractivity contribution in [3.05, 3.63) is 34.2 Å². The monoisotopic (exact) mass is 374 g/mol. The van der Waals surface area contributed by atoms with Crippen molar-refractivity contribution in [1.29, 1.82) is 0 Å². The quantitative estimate of drug-likeness (QED) is 0.537. The molecule has 4 aromatic heterocycles. The van der Waals surface area contributed by atoms with Gasteiger partial charge in [-0.2, -0.15) is 10.2 Å². The minimum Gasteiger partial charge on any atom is -0.258 e. The lowest BCUT2D eigenvalue weighted by atomic mass is 10.3. The summed E-state index contributed by atoms with van der Waals surface area (Å²) in [5.74, 6) is 0.696. The summed E-state index contributed by atoms with van der Waals surface area (Å²) in [7, 11) is 1.86. The van der Waals surface area contributed by atoms with Crippen molar-refractivity contribution < 1.29 is 0 Å². The Hall–Kier alpha value is -2.29. The highest BCUT2D eigenvalue weighted by Gasteiger charge is 2.20. The SMILES string of the molecule is Cc1nn(C(C)c2nc3c4cnn(C)c4ncn3n2)c(C)c1Br. The molecular formula is C14H15BrN8. The molecule has 1 unspecified atom stereocenters.